The maximum atomic E-state index is 14.7. The van der Waals surface area contributed by atoms with Crippen LogP contribution in [0.15, 0.2) is 76.5 Å². The van der Waals surface area contributed by atoms with E-state index in [9.17, 15) is 34.2 Å². The van der Waals surface area contributed by atoms with Crippen LogP contribution in [-0.2, 0) is 24.0 Å². The number of phenolic OH excluding ortho intramolecular Hbond substituents is 1. The minimum atomic E-state index is -1.28. The van der Waals surface area contributed by atoms with Gasteiger partial charge in [0.25, 0.3) is 5.91 Å². The molecule has 0 fully saturated rings. The molecule has 4 rings (SSSR count). The Bertz CT molecular complexity index is 1750. The number of hydrogen-bond donors (Lipinski definition) is 4. The van der Waals surface area contributed by atoms with Crippen LogP contribution in [-0.4, -0.2) is 69.9 Å². The summed E-state index contributed by atoms with van der Waals surface area (Å²) in [4.78, 5) is 70.5. The number of hydrogen-bond acceptors (Lipinski definition) is 10. The lowest BCUT2D eigenvalue weighted by Gasteiger charge is -2.34. The number of carbonyl (C=O) groups is 5. The van der Waals surface area contributed by atoms with E-state index in [1.165, 1.54) is 47.8 Å². The molecule has 1 aliphatic rings. The largest absolute Gasteiger partial charge is 0.508 e. The summed E-state index contributed by atoms with van der Waals surface area (Å²) < 4.78 is 6.06. The molecule has 3 aromatic rings. The van der Waals surface area contributed by atoms with Crippen molar-refractivity contribution in [3.05, 3.63) is 72.3 Å². The molecule has 0 saturated carbocycles. The van der Waals surface area contributed by atoms with Gasteiger partial charge < -0.3 is 25.6 Å². The maximum absolute atomic E-state index is 14.7. The lowest BCUT2D eigenvalue weighted by atomic mass is 9.77. The average molecular weight is 782 g/mol. The molecule has 0 aliphatic carbocycles. The number of fused-ring (bicyclic) bond motifs is 1. The summed E-state index contributed by atoms with van der Waals surface area (Å²) in [6.45, 7) is 3.57. The summed E-state index contributed by atoms with van der Waals surface area (Å²) in [6, 6.07) is 16.0. The van der Waals surface area contributed by atoms with Crippen LogP contribution in [0.1, 0.15) is 70.4 Å². The van der Waals surface area contributed by atoms with Crippen molar-refractivity contribution in [1.82, 2.24) is 10.6 Å². The zero-order chi connectivity index (χ0) is 38.5. The Morgan fingerprint density at radius 3 is 2.19 bits per heavy atom. The number of nitrogens with zero attached hydrogens (tertiary/aromatic N) is 1. The number of carboxylic acids is 1. The van der Waals surface area contributed by atoms with Crippen LogP contribution in [0.2, 0.25) is 0 Å². The number of unbranched alkanes of at least 4 members (excludes halogenated alkanes) is 2. The Morgan fingerprint density at radius 1 is 0.943 bits per heavy atom. The zero-order valence-corrected chi connectivity index (χ0v) is 32.8. The molecule has 284 valence electrons. The molecule has 2 atom stereocenters. The summed E-state index contributed by atoms with van der Waals surface area (Å²) in [5.74, 6) is -2.08. The van der Waals surface area contributed by atoms with E-state index < -0.39 is 41.9 Å². The van der Waals surface area contributed by atoms with E-state index in [1.54, 1.807) is 11.0 Å². The van der Waals surface area contributed by atoms with Gasteiger partial charge in [-0.25, -0.2) is 4.79 Å². The van der Waals surface area contributed by atoms with Gasteiger partial charge in [-0.1, -0.05) is 69.9 Å². The molecular weight excluding hydrogens is 735 g/mol. The fourth-order valence-corrected chi connectivity index (χ4v) is 8.19. The maximum Gasteiger partial charge on any atom is 0.326 e. The van der Waals surface area contributed by atoms with Crippen LogP contribution in [0, 0.1) is 5.41 Å². The first-order valence-electron chi connectivity index (χ1n) is 17.6. The summed E-state index contributed by atoms with van der Waals surface area (Å²) in [7, 11) is 0. The predicted octanol–water partition coefficient (Wildman–Crippen LogP) is 7.34. The standard InChI is InChI=1S/C39H47N3O8S3/c1-5-7-19-39(20-8-6-2)37(48)42(26-12-10-9-11-13-26)29-22-32(52-4)30(23-31(29)53-38(39)49)50-24-33(44)41-34(25-14-16-27(43)17-15-25)35(45)40-28(36(46)47)18-21-51-3/h9-17,22-23,28,34,43H,5-8,18-21,24H2,1-4H3,(H,40,45)(H,41,44)(H,46,47)/t28-,34+/m0/s1. The number of amides is 3. The fourth-order valence-electron chi connectivity index (χ4n) is 6.06. The van der Waals surface area contributed by atoms with Crippen molar-refractivity contribution in [2.75, 3.05) is 29.8 Å². The Labute approximate surface area is 323 Å². The number of anilines is 2. The normalized spacial score (nSPS) is 14.8. The Balaban J connectivity index is 1.66. The summed E-state index contributed by atoms with van der Waals surface area (Å²) >= 11 is 3.82. The lowest BCUT2D eigenvalue weighted by molar-refractivity contribution is -0.142. The molecule has 53 heavy (non-hydrogen) atoms. The molecule has 4 N–H and O–H groups in total. The minimum absolute atomic E-state index is 0.0457. The van der Waals surface area contributed by atoms with E-state index >= 15 is 0 Å². The number of carboxylic acid groups (broad SMARTS) is 1. The first kappa shape index (κ1) is 41.6. The van der Waals surface area contributed by atoms with Crippen molar-refractivity contribution in [3.63, 3.8) is 0 Å². The van der Waals surface area contributed by atoms with Gasteiger partial charge in [-0.2, -0.15) is 11.8 Å². The van der Waals surface area contributed by atoms with Crippen molar-refractivity contribution < 1.29 is 38.9 Å². The van der Waals surface area contributed by atoms with Crippen LogP contribution in [0.4, 0.5) is 11.4 Å². The topological polar surface area (TPSA) is 162 Å². The molecule has 14 heteroatoms. The summed E-state index contributed by atoms with van der Waals surface area (Å²) in [5.41, 5.74) is 0.301. The van der Waals surface area contributed by atoms with Crippen molar-refractivity contribution >= 4 is 75.5 Å². The highest BCUT2D eigenvalue weighted by Gasteiger charge is 2.50. The second-order valence-corrected chi connectivity index (χ2v) is 15.5. The number of nitrogens with one attached hydrogen (secondary N) is 2. The molecule has 1 aliphatic heterocycles. The van der Waals surface area contributed by atoms with E-state index in [1.807, 2.05) is 62.8 Å². The van der Waals surface area contributed by atoms with Crippen molar-refractivity contribution in [1.29, 1.82) is 0 Å². The minimum Gasteiger partial charge on any atom is -0.508 e. The smallest absolute Gasteiger partial charge is 0.326 e. The van der Waals surface area contributed by atoms with Crippen LogP contribution >= 0.6 is 35.3 Å². The number of para-hydroxylation sites is 1. The van der Waals surface area contributed by atoms with Crippen molar-refractivity contribution in [2.45, 2.75) is 80.7 Å². The highest BCUT2D eigenvalue weighted by atomic mass is 32.2. The third-order valence-corrected chi connectivity index (χ3v) is 11.5. The number of phenols is 1. The first-order valence-corrected chi connectivity index (χ1v) is 21.0. The molecule has 0 unspecified atom stereocenters. The second-order valence-electron chi connectivity index (χ2n) is 12.7. The average Bonchev–Trinajstić information content (AvgIpc) is 3.24. The molecule has 0 radical (unpaired) electrons. The summed E-state index contributed by atoms with van der Waals surface area (Å²) in [6.07, 6.45) is 7.83. The van der Waals surface area contributed by atoms with Crippen molar-refractivity contribution in [3.8, 4) is 11.5 Å². The molecule has 1 heterocycles. The van der Waals surface area contributed by atoms with E-state index in [4.69, 9.17) is 4.74 Å². The molecule has 3 amide bonds. The highest BCUT2D eigenvalue weighted by Crippen LogP contribution is 2.51. The number of rotatable bonds is 19. The molecular formula is C39H47N3O8S3. The van der Waals surface area contributed by atoms with Gasteiger partial charge in [-0.15, -0.1) is 11.8 Å². The van der Waals surface area contributed by atoms with Gasteiger partial charge in [0.1, 0.15) is 29.0 Å². The van der Waals surface area contributed by atoms with Gasteiger partial charge in [0.2, 0.25) is 16.9 Å². The number of benzene rings is 3. The zero-order valence-electron chi connectivity index (χ0n) is 30.4. The number of aliphatic carboxylic acids is 1. The third-order valence-electron chi connectivity index (χ3n) is 9.00. The van der Waals surface area contributed by atoms with E-state index in [0.29, 0.717) is 51.1 Å². The highest BCUT2D eigenvalue weighted by molar-refractivity contribution is 8.14. The van der Waals surface area contributed by atoms with Gasteiger partial charge in [0, 0.05) is 10.6 Å². The second kappa shape index (κ2) is 19.8. The van der Waals surface area contributed by atoms with Gasteiger partial charge in [0.05, 0.1) is 10.6 Å². The van der Waals surface area contributed by atoms with Crippen molar-refractivity contribution in [2.24, 2.45) is 5.41 Å². The number of carbonyl (C=O) groups excluding carboxylic acids is 4. The number of aromatic hydroxyl groups is 1. The van der Waals surface area contributed by atoms with Crippen LogP contribution in [0.25, 0.3) is 0 Å². The number of ether oxygens (including phenoxy) is 1. The molecule has 11 nitrogen and oxygen atoms in total. The Morgan fingerprint density at radius 2 is 1.60 bits per heavy atom. The van der Waals surface area contributed by atoms with Crippen LogP contribution in [0.3, 0.4) is 0 Å². The predicted molar refractivity (Wildman–Crippen MR) is 211 cm³/mol. The van der Waals surface area contributed by atoms with E-state index in [2.05, 4.69) is 10.6 Å². The van der Waals surface area contributed by atoms with Gasteiger partial charge in [-0.05, 0) is 91.3 Å². The third kappa shape index (κ3) is 10.3. The Kier molecular flexibility index (Phi) is 15.5. The quantitative estimate of drug-likeness (QED) is 0.0712. The van der Waals surface area contributed by atoms with E-state index in [-0.39, 0.29) is 23.2 Å². The Hall–Kier alpha value is -4.14. The molecule has 3 aromatic carbocycles. The fraction of sp³-hybridized carbons (Fsp3) is 0.410. The van der Waals surface area contributed by atoms with Crippen LogP contribution < -0.4 is 20.3 Å². The molecule has 0 aromatic heterocycles. The SMILES string of the molecule is CCCCC1(CCCC)C(=O)Sc2cc(OCC(=O)N[C@@H](C(=O)N[C@@H](CCSC)C(=O)O)c3ccc(O)cc3)c(SC)cc2N(c2ccccc2)C1=O. The monoisotopic (exact) mass is 781 g/mol. The van der Waals surface area contributed by atoms with E-state index in [0.717, 1.165) is 37.4 Å². The van der Waals surface area contributed by atoms with Gasteiger partial charge in [-0.3, -0.25) is 24.1 Å². The van der Waals surface area contributed by atoms with Gasteiger partial charge in [0.15, 0.2) is 6.61 Å². The molecule has 0 spiro atoms. The first-order chi connectivity index (χ1) is 25.5. The molecule has 0 saturated heterocycles. The summed E-state index contributed by atoms with van der Waals surface area (Å²) in [5, 5.41) is 24.5. The lowest BCUT2D eigenvalue weighted by Crippen LogP contribution is -2.48. The van der Waals surface area contributed by atoms with Gasteiger partial charge >= 0.3 is 5.97 Å². The number of thioether (sulfide) groups is 3. The van der Waals surface area contributed by atoms with Crippen LogP contribution in [0.5, 0.6) is 11.5 Å². The molecule has 0 bridgehead atoms.